The van der Waals surface area contributed by atoms with E-state index in [0.717, 1.165) is 0 Å². The van der Waals surface area contributed by atoms with Crippen molar-refractivity contribution in [2.45, 2.75) is 6.92 Å². The summed E-state index contributed by atoms with van der Waals surface area (Å²) in [6, 6.07) is 12.2. The number of carbonyl (C=O) groups is 2. The van der Waals surface area contributed by atoms with Crippen LogP contribution in [0.1, 0.15) is 6.92 Å². The molecule has 0 bridgehead atoms. The van der Waals surface area contributed by atoms with Gasteiger partial charge in [-0.2, -0.15) is 0 Å². The van der Waals surface area contributed by atoms with Crippen LogP contribution in [0.15, 0.2) is 42.5 Å². The molecule has 0 atom stereocenters. The predicted octanol–water partition coefficient (Wildman–Crippen LogP) is 2.61. The van der Waals surface area contributed by atoms with Crippen molar-refractivity contribution < 1.29 is 23.8 Å². The SMILES string of the molecule is CCN(CC(=O)Nc1ccc(OC)cc1)CC(=O)Nc1ccc(OC)cc1OC. The van der Waals surface area contributed by atoms with E-state index in [4.69, 9.17) is 14.2 Å². The largest absolute Gasteiger partial charge is 0.497 e. The van der Waals surface area contributed by atoms with Crippen LogP contribution in [0.5, 0.6) is 17.2 Å². The molecule has 0 radical (unpaired) electrons. The predicted molar refractivity (Wildman–Crippen MR) is 112 cm³/mol. The van der Waals surface area contributed by atoms with E-state index in [1.165, 1.54) is 7.11 Å². The number of carbonyl (C=O) groups excluding carboxylic acids is 2. The molecule has 2 aromatic carbocycles. The van der Waals surface area contributed by atoms with Crippen LogP contribution in [-0.2, 0) is 9.59 Å². The molecular formula is C21H27N3O5. The maximum absolute atomic E-state index is 12.4. The summed E-state index contributed by atoms with van der Waals surface area (Å²) in [6.07, 6.45) is 0. The number of amides is 2. The van der Waals surface area contributed by atoms with Crippen molar-refractivity contribution >= 4 is 23.2 Å². The van der Waals surface area contributed by atoms with Gasteiger partial charge in [0.05, 0.1) is 40.1 Å². The molecule has 0 aliphatic carbocycles. The third kappa shape index (κ3) is 6.69. The summed E-state index contributed by atoms with van der Waals surface area (Å²) in [4.78, 5) is 26.5. The molecule has 0 saturated heterocycles. The molecule has 0 spiro atoms. The fourth-order valence-electron chi connectivity index (χ4n) is 2.65. The Bertz CT molecular complexity index is 824. The van der Waals surface area contributed by atoms with Crippen LogP contribution >= 0.6 is 0 Å². The maximum Gasteiger partial charge on any atom is 0.238 e. The molecule has 0 aromatic heterocycles. The number of rotatable bonds is 10. The molecule has 156 valence electrons. The van der Waals surface area contributed by atoms with E-state index < -0.39 is 0 Å². The number of hydrogen-bond donors (Lipinski definition) is 2. The van der Waals surface area contributed by atoms with Gasteiger partial charge < -0.3 is 24.8 Å². The molecule has 0 unspecified atom stereocenters. The molecule has 0 saturated carbocycles. The van der Waals surface area contributed by atoms with E-state index in [9.17, 15) is 9.59 Å². The van der Waals surface area contributed by atoms with Crippen LogP contribution in [0.2, 0.25) is 0 Å². The molecule has 2 rings (SSSR count). The van der Waals surface area contributed by atoms with Gasteiger partial charge in [0.1, 0.15) is 17.2 Å². The Morgan fingerprint density at radius 1 is 0.828 bits per heavy atom. The highest BCUT2D eigenvalue weighted by molar-refractivity contribution is 5.95. The minimum atomic E-state index is -0.243. The van der Waals surface area contributed by atoms with E-state index >= 15 is 0 Å². The van der Waals surface area contributed by atoms with Gasteiger partial charge in [-0.3, -0.25) is 14.5 Å². The topological polar surface area (TPSA) is 89.1 Å². The summed E-state index contributed by atoms with van der Waals surface area (Å²) in [6.45, 7) is 2.60. The minimum absolute atomic E-state index is 0.0711. The second kappa shape index (κ2) is 10.9. The highest BCUT2D eigenvalue weighted by Gasteiger charge is 2.15. The highest BCUT2D eigenvalue weighted by Crippen LogP contribution is 2.28. The van der Waals surface area contributed by atoms with Gasteiger partial charge in [0.25, 0.3) is 0 Å². The maximum atomic E-state index is 12.4. The van der Waals surface area contributed by atoms with Gasteiger partial charge in [-0.25, -0.2) is 0 Å². The van der Waals surface area contributed by atoms with Crippen molar-refractivity contribution in [1.29, 1.82) is 0 Å². The summed E-state index contributed by atoms with van der Waals surface area (Å²) in [5.41, 5.74) is 1.20. The number of ether oxygens (including phenoxy) is 3. The van der Waals surface area contributed by atoms with E-state index in [1.54, 1.807) is 61.6 Å². The molecule has 0 aliphatic rings. The number of hydrogen-bond acceptors (Lipinski definition) is 6. The highest BCUT2D eigenvalue weighted by atomic mass is 16.5. The summed E-state index contributed by atoms with van der Waals surface area (Å²) in [5.74, 6) is 1.39. The Kier molecular flexibility index (Phi) is 8.29. The lowest BCUT2D eigenvalue weighted by molar-refractivity contribution is -0.119. The summed E-state index contributed by atoms with van der Waals surface area (Å²) < 4.78 is 15.5. The van der Waals surface area contributed by atoms with Crippen molar-refractivity contribution in [3.63, 3.8) is 0 Å². The smallest absolute Gasteiger partial charge is 0.238 e. The molecule has 2 N–H and O–H groups in total. The second-order valence-electron chi connectivity index (χ2n) is 6.19. The van der Waals surface area contributed by atoms with Gasteiger partial charge >= 0.3 is 0 Å². The molecule has 8 heteroatoms. The zero-order chi connectivity index (χ0) is 21.2. The molecule has 0 fully saturated rings. The molecular weight excluding hydrogens is 374 g/mol. The first kappa shape index (κ1) is 22.0. The number of anilines is 2. The lowest BCUT2D eigenvalue weighted by Crippen LogP contribution is -2.38. The molecule has 2 aromatic rings. The van der Waals surface area contributed by atoms with Crippen molar-refractivity contribution in [2.75, 3.05) is 51.6 Å². The average molecular weight is 401 g/mol. The average Bonchev–Trinajstić information content (AvgIpc) is 2.73. The number of likely N-dealkylation sites (N-methyl/N-ethyl adjacent to an activating group) is 1. The molecule has 2 amide bonds. The number of methoxy groups -OCH3 is 3. The van der Waals surface area contributed by atoms with Crippen molar-refractivity contribution in [3.05, 3.63) is 42.5 Å². The standard InChI is InChI=1S/C21H27N3O5/c1-5-24(13-20(25)22-15-6-8-16(27-2)9-7-15)14-21(26)23-18-11-10-17(28-3)12-19(18)29-4/h6-12H,5,13-14H2,1-4H3,(H,22,25)(H,23,26). The van der Waals surface area contributed by atoms with E-state index in [0.29, 0.717) is 35.2 Å². The van der Waals surface area contributed by atoms with E-state index in [1.807, 2.05) is 6.92 Å². The first-order valence-corrected chi connectivity index (χ1v) is 9.17. The van der Waals surface area contributed by atoms with E-state index in [-0.39, 0.29) is 24.9 Å². The van der Waals surface area contributed by atoms with Crippen molar-refractivity contribution in [2.24, 2.45) is 0 Å². The van der Waals surface area contributed by atoms with Crippen LogP contribution in [0.3, 0.4) is 0 Å². The number of nitrogens with one attached hydrogen (secondary N) is 2. The Morgan fingerprint density at radius 2 is 1.41 bits per heavy atom. The van der Waals surface area contributed by atoms with Gasteiger partial charge in [0, 0.05) is 11.8 Å². The molecule has 0 aliphatic heterocycles. The lowest BCUT2D eigenvalue weighted by atomic mass is 10.2. The third-order valence-electron chi connectivity index (χ3n) is 4.24. The van der Waals surface area contributed by atoms with Crippen LogP contribution in [-0.4, -0.2) is 57.7 Å². The molecule has 29 heavy (non-hydrogen) atoms. The lowest BCUT2D eigenvalue weighted by Gasteiger charge is -2.20. The Labute approximate surface area is 170 Å². The van der Waals surface area contributed by atoms with Gasteiger partial charge in [0.15, 0.2) is 0 Å². The first-order chi connectivity index (χ1) is 14.0. The van der Waals surface area contributed by atoms with Gasteiger partial charge in [0.2, 0.25) is 11.8 Å². The minimum Gasteiger partial charge on any atom is -0.497 e. The Hall–Kier alpha value is -3.26. The van der Waals surface area contributed by atoms with Crippen molar-refractivity contribution in [3.8, 4) is 17.2 Å². The second-order valence-corrected chi connectivity index (χ2v) is 6.19. The Balaban J connectivity index is 1.91. The normalized spacial score (nSPS) is 10.4. The van der Waals surface area contributed by atoms with Gasteiger partial charge in [-0.15, -0.1) is 0 Å². The van der Waals surface area contributed by atoms with E-state index in [2.05, 4.69) is 10.6 Å². The number of nitrogens with zero attached hydrogens (tertiary/aromatic N) is 1. The molecule has 0 heterocycles. The van der Waals surface area contributed by atoms with Crippen LogP contribution in [0.25, 0.3) is 0 Å². The zero-order valence-electron chi connectivity index (χ0n) is 17.2. The summed E-state index contributed by atoms with van der Waals surface area (Å²) in [7, 11) is 4.66. The third-order valence-corrected chi connectivity index (χ3v) is 4.24. The monoisotopic (exact) mass is 401 g/mol. The quantitative estimate of drug-likeness (QED) is 0.636. The number of benzene rings is 2. The van der Waals surface area contributed by atoms with Gasteiger partial charge in [-0.1, -0.05) is 6.92 Å². The zero-order valence-corrected chi connectivity index (χ0v) is 17.2. The fraction of sp³-hybridized carbons (Fsp3) is 0.333. The molecule has 8 nitrogen and oxygen atoms in total. The summed E-state index contributed by atoms with van der Waals surface area (Å²) >= 11 is 0. The van der Waals surface area contributed by atoms with Gasteiger partial charge in [-0.05, 0) is 42.9 Å². The first-order valence-electron chi connectivity index (χ1n) is 9.17. The van der Waals surface area contributed by atoms with Crippen LogP contribution in [0.4, 0.5) is 11.4 Å². The van der Waals surface area contributed by atoms with Crippen molar-refractivity contribution in [1.82, 2.24) is 4.90 Å². The van der Waals surface area contributed by atoms with Crippen LogP contribution < -0.4 is 24.8 Å². The fourth-order valence-corrected chi connectivity index (χ4v) is 2.65. The Morgan fingerprint density at radius 3 is 1.97 bits per heavy atom. The summed E-state index contributed by atoms with van der Waals surface area (Å²) in [5, 5.41) is 5.62. The van der Waals surface area contributed by atoms with Crippen LogP contribution in [0, 0.1) is 0 Å².